The zero-order valence-corrected chi connectivity index (χ0v) is 17.2. The molecule has 0 unspecified atom stereocenters. The van der Waals surface area contributed by atoms with Crippen LogP contribution in [0.15, 0.2) is 48.5 Å². The van der Waals surface area contributed by atoms with Crippen LogP contribution in [0.2, 0.25) is 5.02 Å². The summed E-state index contributed by atoms with van der Waals surface area (Å²) in [6.45, 7) is 3.32. The average molecular weight is 410 g/mol. The highest BCUT2D eigenvalue weighted by molar-refractivity contribution is 6.30. The van der Waals surface area contributed by atoms with E-state index in [4.69, 9.17) is 21.3 Å². The smallest absolute Gasteiger partial charge is 0.276 e. The third-order valence-electron chi connectivity index (χ3n) is 5.12. The van der Waals surface area contributed by atoms with Crippen molar-refractivity contribution in [3.05, 3.63) is 64.9 Å². The fraction of sp³-hybridized carbons (Fsp3) is 0.304. The molecule has 3 aromatic rings. The van der Waals surface area contributed by atoms with E-state index in [1.54, 1.807) is 0 Å². The maximum absolute atomic E-state index is 13.2. The van der Waals surface area contributed by atoms with E-state index in [1.807, 2.05) is 55.5 Å². The number of aromatic nitrogens is 2. The van der Waals surface area contributed by atoms with Crippen LogP contribution in [0.25, 0.3) is 11.4 Å². The maximum Gasteiger partial charge on any atom is 0.276 e. The van der Waals surface area contributed by atoms with Crippen LogP contribution in [0, 0.1) is 0 Å². The number of amides is 1. The first-order valence-electron chi connectivity index (χ1n) is 10.1. The van der Waals surface area contributed by atoms with Gasteiger partial charge in [0.15, 0.2) is 0 Å². The van der Waals surface area contributed by atoms with Gasteiger partial charge in [-0.1, -0.05) is 30.2 Å². The van der Waals surface area contributed by atoms with Crippen molar-refractivity contribution in [2.24, 2.45) is 0 Å². The summed E-state index contributed by atoms with van der Waals surface area (Å²) in [5.41, 5.74) is 3.11. The summed E-state index contributed by atoms with van der Waals surface area (Å²) in [6, 6.07) is 15.1. The van der Waals surface area contributed by atoms with E-state index in [0.29, 0.717) is 28.8 Å². The number of carbonyl (C=O) groups is 1. The molecule has 1 aliphatic heterocycles. The van der Waals surface area contributed by atoms with Crippen LogP contribution in [0.4, 0.5) is 5.69 Å². The van der Waals surface area contributed by atoms with Gasteiger partial charge in [0, 0.05) is 17.1 Å². The first kappa shape index (κ1) is 19.5. The molecule has 1 N–H and O–H groups in total. The summed E-state index contributed by atoms with van der Waals surface area (Å²) >= 11 is 6.05. The Kier molecular flexibility index (Phi) is 5.86. The topological polar surface area (TPSA) is 56.1 Å². The molecule has 6 heteroatoms. The largest absolute Gasteiger partial charge is 0.492 e. The molecule has 5 nitrogen and oxygen atoms in total. The van der Waals surface area contributed by atoms with Crippen LogP contribution in [0.3, 0.4) is 0 Å². The van der Waals surface area contributed by atoms with Gasteiger partial charge in [-0.15, -0.1) is 0 Å². The Labute approximate surface area is 175 Å². The van der Waals surface area contributed by atoms with Crippen molar-refractivity contribution in [2.45, 2.75) is 39.2 Å². The lowest BCUT2D eigenvalue weighted by Gasteiger charge is -2.11. The first-order valence-corrected chi connectivity index (χ1v) is 10.4. The Morgan fingerprint density at radius 3 is 2.72 bits per heavy atom. The zero-order chi connectivity index (χ0) is 20.2. The van der Waals surface area contributed by atoms with Crippen molar-refractivity contribution in [3.8, 4) is 17.1 Å². The fourth-order valence-corrected chi connectivity index (χ4v) is 3.88. The highest BCUT2D eigenvalue weighted by Crippen LogP contribution is 2.30. The second kappa shape index (κ2) is 8.70. The lowest BCUT2D eigenvalue weighted by Crippen LogP contribution is -2.16. The molecule has 2 heterocycles. The quantitative estimate of drug-likeness (QED) is 0.598. The van der Waals surface area contributed by atoms with Crippen LogP contribution < -0.4 is 10.1 Å². The Morgan fingerprint density at radius 1 is 1.14 bits per heavy atom. The Morgan fingerprint density at radius 2 is 1.93 bits per heavy atom. The molecule has 1 aromatic heterocycles. The predicted octanol–water partition coefficient (Wildman–Crippen LogP) is 5.58. The van der Waals surface area contributed by atoms with E-state index in [9.17, 15) is 4.79 Å². The number of fused-ring (bicyclic) bond motifs is 1. The SMILES string of the molecule is CCOc1ccccc1NC(=O)c1nc(-c2ccc(Cl)cc2)n2c1CCCCC2. The van der Waals surface area contributed by atoms with Crippen molar-refractivity contribution in [2.75, 3.05) is 11.9 Å². The lowest BCUT2D eigenvalue weighted by atomic mass is 10.1. The second-order valence-electron chi connectivity index (χ2n) is 7.08. The number of benzene rings is 2. The summed E-state index contributed by atoms with van der Waals surface area (Å²) < 4.78 is 7.83. The van der Waals surface area contributed by atoms with Gasteiger partial charge in [0.1, 0.15) is 17.3 Å². The number of carbonyl (C=O) groups excluding carboxylic acids is 1. The molecule has 150 valence electrons. The molecule has 2 aromatic carbocycles. The van der Waals surface area contributed by atoms with Crippen molar-refractivity contribution < 1.29 is 9.53 Å². The Balaban J connectivity index is 1.72. The van der Waals surface area contributed by atoms with Crippen molar-refractivity contribution in [3.63, 3.8) is 0 Å². The first-order chi connectivity index (χ1) is 14.2. The molecular formula is C23H24ClN3O2. The average Bonchev–Trinajstić information content (AvgIpc) is 2.91. The number of nitrogens with zero attached hydrogens (tertiary/aromatic N) is 2. The number of anilines is 1. The van der Waals surface area contributed by atoms with Crippen LogP contribution in [-0.4, -0.2) is 22.1 Å². The number of hydrogen-bond acceptors (Lipinski definition) is 3. The van der Waals surface area contributed by atoms with Gasteiger partial charge in [0.05, 0.1) is 18.0 Å². The van der Waals surface area contributed by atoms with E-state index < -0.39 is 0 Å². The number of ether oxygens (including phenoxy) is 1. The minimum atomic E-state index is -0.206. The third kappa shape index (κ3) is 4.15. The number of hydrogen-bond donors (Lipinski definition) is 1. The standard InChI is InChI=1S/C23H24ClN3O2/c1-2-29-20-10-6-5-8-18(20)25-23(28)21-19-9-4-3-7-15-27(19)22(26-21)16-11-13-17(24)14-12-16/h5-6,8,10-14H,2-4,7,9,15H2,1H3,(H,25,28). The van der Waals surface area contributed by atoms with E-state index in [2.05, 4.69) is 9.88 Å². The van der Waals surface area contributed by atoms with E-state index in [-0.39, 0.29) is 5.91 Å². The van der Waals surface area contributed by atoms with Gasteiger partial charge in [-0.3, -0.25) is 4.79 Å². The molecule has 0 saturated carbocycles. The number of rotatable bonds is 5. The van der Waals surface area contributed by atoms with E-state index in [1.165, 1.54) is 0 Å². The molecular weight excluding hydrogens is 386 g/mol. The molecule has 0 aliphatic carbocycles. The second-order valence-corrected chi connectivity index (χ2v) is 7.52. The third-order valence-corrected chi connectivity index (χ3v) is 5.37. The Hall–Kier alpha value is -2.79. The minimum absolute atomic E-state index is 0.206. The molecule has 0 radical (unpaired) electrons. The van der Waals surface area contributed by atoms with Crippen LogP contribution in [0.1, 0.15) is 42.4 Å². The summed E-state index contributed by atoms with van der Waals surface area (Å²) in [4.78, 5) is 18.0. The summed E-state index contributed by atoms with van der Waals surface area (Å²) in [5, 5.41) is 3.68. The summed E-state index contributed by atoms with van der Waals surface area (Å²) in [6.07, 6.45) is 4.13. The molecule has 4 rings (SSSR count). The van der Waals surface area contributed by atoms with E-state index in [0.717, 1.165) is 49.3 Å². The molecule has 29 heavy (non-hydrogen) atoms. The highest BCUT2D eigenvalue weighted by atomic mass is 35.5. The molecule has 1 amide bonds. The molecule has 0 saturated heterocycles. The normalized spacial score (nSPS) is 13.4. The molecule has 0 atom stereocenters. The molecule has 0 spiro atoms. The number of nitrogens with one attached hydrogen (secondary N) is 1. The van der Waals surface area contributed by atoms with Crippen molar-refractivity contribution >= 4 is 23.2 Å². The van der Waals surface area contributed by atoms with Gasteiger partial charge in [0.2, 0.25) is 0 Å². The van der Waals surface area contributed by atoms with Crippen LogP contribution in [-0.2, 0) is 13.0 Å². The number of para-hydroxylation sites is 2. The fourth-order valence-electron chi connectivity index (χ4n) is 3.75. The molecule has 0 fully saturated rings. The summed E-state index contributed by atoms with van der Waals surface area (Å²) in [7, 11) is 0. The van der Waals surface area contributed by atoms with E-state index >= 15 is 0 Å². The number of imidazole rings is 1. The molecule has 1 aliphatic rings. The highest BCUT2D eigenvalue weighted by Gasteiger charge is 2.25. The van der Waals surface area contributed by atoms with Gasteiger partial charge in [0.25, 0.3) is 5.91 Å². The van der Waals surface area contributed by atoms with Gasteiger partial charge in [-0.2, -0.15) is 0 Å². The van der Waals surface area contributed by atoms with Crippen LogP contribution >= 0.6 is 11.6 Å². The zero-order valence-electron chi connectivity index (χ0n) is 16.5. The predicted molar refractivity (Wildman–Crippen MR) is 116 cm³/mol. The van der Waals surface area contributed by atoms with Crippen molar-refractivity contribution in [1.82, 2.24) is 9.55 Å². The van der Waals surface area contributed by atoms with Gasteiger partial charge >= 0.3 is 0 Å². The lowest BCUT2D eigenvalue weighted by molar-refractivity contribution is 0.102. The van der Waals surface area contributed by atoms with Crippen molar-refractivity contribution in [1.29, 1.82) is 0 Å². The Bertz CT molecular complexity index is 1010. The molecule has 0 bridgehead atoms. The summed E-state index contributed by atoms with van der Waals surface area (Å²) in [5.74, 6) is 1.27. The minimum Gasteiger partial charge on any atom is -0.492 e. The number of halogens is 1. The van der Waals surface area contributed by atoms with Gasteiger partial charge in [-0.25, -0.2) is 4.98 Å². The van der Waals surface area contributed by atoms with Gasteiger partial charge < -0.3 is 14.6 Å². The van der Waals surface area contributed by atoms with Gasteiger partial charge in [-0.05, 0) is 62.6 Å². The monoisotopic (exact) mass is 409 g/mol. The van der Waals surface area contributed by atoms with Crippen LogP contribution in [0.5, 0.6) is 5.75 Å². The maximum atomic E-state index is 13.2.